The summed E-state index contributed by atoms with van der Waals surface area (Å²) in [6.07, 6.45) is 0. The number of imide groups is 1. The highest BCUT2D eigenvalue weighted by molar-refractivity contribution is 6.36. The molecule has 40 heavy (non-hydrogen) atoms. The maximum atomic E-state index is 14.2. The average Bonchev–Trinajstić information content (AvgIpc) is 3.21. The quantitative estimate of drug-likeness (QED) is 0.171. The number of ketones is 1. The maximum absolute atomic E-state index is 14.2. The van der Waals surface area contributed by atoms with Crippen molar-refractivity contribution < 1.29 is 23.9 Å². The maximum Gasteiger partial charge on any atom is 0.330 e. The van der Waals surface area contributed by atoms with Crippen molar-refractivity contribution in [2.75, 3.05) is 6.61 Å². The largest absolute Gasteiger partial charge is 0.456 e. The van der Waals surface area contributed by atoms with E-state index in [1.807, 2.05) is 55.5 Å². The highest BCUT2D eigenvalue weighted by Gasteiger charge is 2.74. The zero-order valence-electron chi connectivity index (χ0n) is 22.2. The number of nitrogens with zero attached hydrogens (tertiary/aromatic N) is 1. The van der Waals surface area contributed by atoms with Crippen molar-refractivity contribution in [3.8, 4) is 0 Å². The van der Waals surface area contributed by atoms with Crippen LogP contribution >= 0.6 is 23.2 Å². The molecule has 0 aromatic heterocycles. The molecule has 3 atom stereocenters. The van der Waals surface area contributed by atoms with E-state index < -0.39 is 57.9 Å². The van der Waals surface area contributed by atoms with Crippen molar-refractivity contribution in [2.45, 2.75) is 36.6 Å². The van der Waals surface area contributed by atoms with Gasteiger partial charge >= 0.3 is 5.97 Å². The number of carbonyl (C=O) groups is 4. The van der Waals surface area contributed by atoms with E-state index in [2.05, 4.69) is 0 Å². The van der Waals surface area contributed by atoms with Crippen LogP contribution < -0.4 is 0 Å². The summed E-state index contributed by atoms with van der Waals surface area (Å²) in [5.41, 5.74) is 4.13. The van der Waals surface area contributed by atoms with E-state index in [1.165, 1.54) is 0 Å². The fourth-order valence-electron chi connectivity index (χ4n) is 6.68. The number of Topliss-reactive ketones (excluding diaryl/α,β-unsaturated/α-hetero) is 1. The molecular formula is C32H27Cl2NO5. The number of benzene rings is 3. The molecule has 4 aliphatic rings. The number of hydrogen-bond donors (Lipinski definition) is 0. The lowest BCUT2D eigenvalue weighted by atomic mass is 9.54. The molecule has 0 unspecified atom stereocenters. The molecule has 0 radical (unpaired) electrons. The van der Waals surface area contributed by atoms with Gasteiger partial charge in [-0.2, -0.15) is 0 Å². The van der Waals surface area contributed by atoms with E-state index in [-0.39, 0.29) is 5.78 Å². The predicted molar refractivity (Wildman–Crippen MR) is 150 cm³/mol. The predicted octanol–water partition coefficient (Wildman–Crippen LogP) is 5.34. The Hall–Kier alpha value is -3.48. The summed E-state index contributed by atoms with van der Waals surface area (Å²) < 4.78 is 5.42. The summed E-state index contributed by atoms with van der Waals surface area (Å²) in [6.45, 7) is 4.84. The number of rotatable bonds is 6. The molecule has 2 amide bonds. The van der Waals surface area contributed by atoms with Crippen LogP contribution in [0.1, 0.15) is 52.0 Å². The number of likely N-dealkylation sites (tertiary alicyclic amines) is 1. The van der Waals surface area contributed by atoms with E-state index in [4.69, 9.17) is 27.9 Å². The van der Waals surface area contributed by atoms with Crippen molar-refractivity contribution >= 4 is 46.8 Å². The lowest BCUT2D eigenvalue weighted by Gasteiger charge is -2.54. The monoisotopic (exact) mass is 575 g/mol. The van der Waals surface area contributed by atoms with Crippen molar-refractivity contribution in [3.05, 3.63) is 106 Å². The van der Waals surface area contributed by atoms with Gasteiger partial charge in [0.1, 0.15) is 15.8 Å². The van der Waals surface area contributed by atoms with Gasteiger partial charge < -0.3 is 4.74 Å². The Balaban J connectivity index is 1.37. The third-order valence-electron chi connectivity index (χ3n) is 8.49. The minimum atomic E-state index is -1.34. The van der Waals surface area contributed by atoms with Crippen LogP contribution in [0, 0.1) is 24.7 Å². The Morgan fingerprint density at radius 3 is 1.62 bits per heavy atom. The topological polar surface area (TPSA) is 80.8 Å². The molecule has 1 fully saturated rings. The molecule has 0 saturated carbocycles. The van der Waals surface area contributed by atoms with Crippen LogP contribution in [-0.2, 0) is 28.9 Å². The van der Waals surface area contributed by atoms with Gasteiger partial charge in [-0.25, -0.2) is 4.79 Å². The number of carbonyl (C=O) groups excluding carboxylic acids is 4. The zero-order valence-corrected chi connectivity index (χ0v) is 23.7. The van der Waals surface area contributed by atoms with E-state index >= 15 is 0 Å². The van der Waals surface area contributed by atoms with Gasteiger partial charge in [0, 0.05) is 5.56 Å². The zero-order chi connectivity index (χ0) is 28.6. The van der Waals surface area contributed by atoms with Crippen LogP contribution in [0.15, 0.2) is 72.8 Å². The lowest BCUT2D eigenvalue weighted by molar-refractivity contribution is -0.160. The van der Waals surface area contributed by atoms with Gasteiger partial charge in [0.15, 0.2) is 12.4 Å². The van der Waals surface area contributed by atoms with Crippen LogP contribution in [0.25, 0.3) is 0 Å². The summed E-state index contributed by atoms with van der Waals surface area (Å²) in [5.74, 6) is -4.88. The lowest BCUT2D eigenvalue weighted by Crippen LogP contribution is -2.57. The van der Waals surface area contributed by atoms with Gasteiger partial charge in [0.25, 0.3) is 0 Å². The van der Waals surface area contributed by atoms with E-state index in [9.17, 15) is 19.2 Å². The molecule has 8 heteroatoms. The molecule has 6 nitrogen and oxygen atoms in total. The molecule has 0 spiro atoms. The number of aryl methyl sites for hydroxylation is 1. The minimum absolute atomic E-state index is 0.382. The number of alkyl halides is 2. The molecule has 3 aliphatic carbocycles. The van der Waals surface area contributed by atoms with Crippen molar-refractivity contribution in [2.24, 2.45) is 17.8 Å². The number of amides is 2. The second-order valence-electron chi connectivity index (χ2n) is 11.1. The Morgan fingerprint density at radius 1 is 0.800 bits per heavy atom. The fraction of sp³-hybridized carbons (Fsp3) is 0.312. The Labute approximate surface area is 242 Å². The molecule has 1 aliphatic heterocycles. The van der Waals surface area contributed by atoms with Crippen LogP contribution in [0.2, 0.25) is 0 Å². The summed E-state index contributed by atoms with van der Waals surface area (Å²) >= 11 is 14.9. The first kappa shape index (κ1) is 26.7. The minimum Gasteiger partial charge on any atom is -0.456 e. The van der Waals surface area contributed by atoms with Gasteiger partial charge in [-0.3, -0.25) is 19.3 Å². The van der Waals surface area contributed by atoms with E-state index in [0.29, 0.717) is 27.8 Å². The van der Waals surface area contributed by atoms with Gasteiger partial charge in [-0.15, -0.1) is 23.2 Å². The van der Waals surface area contributed by atoms with Crippen molar-refractivity contribution in [1.82, 2.24) is 4.90 Å². The molecule has 7 rings (SSSR count). The fourth-order valence-corrected chi connectivity index (χ4v) is 7.78. The molecule has 0 N–H and O–H groups in total. The van der Waals surface area contributed by atoms with Crippen LogP contribution in [0.5, 0.6) is 0 Å². The smallest absolute Gasteiger partial charge is 0.330 e. The van der Waals surface area contributed by atoms with Gasteiger partial charge in [0.2, 0.25) is 11.8 Å². The second kappa shape index (κ2) is 9.28. The number of hydrogen-bond acceptors (Lipinski definition) is 5. The average molecular weight is 576 g/mol. The summed E-state index contributed by atoms with van der Waals surface area (Å²) in [6, 6.07) is 20.4. The molecule has 3 aromatic carbocycles. The molecule has 3 aromatic rings. The number of ether oxygens (including phenoxy) is 1. The van der Waals surface area contributed by atoms with Crippen molar-refractivity contribution in [1.29, 1.82) is 0 Å². The molecular weight excluding hydrogens is 549 g/mol. The first-order chi connectivity index (χ1) is 19.0. The Morgan fingerprint density at radius 2 is 1.23 bits per heavy atom. The van der Waals surface area contributed by atoms with Crippen LogP contribution in [-0.4, -0.2) is 41.1 Å². The summed E-state index contributed by atoms with van der Waals surface area (Å²) in [5, 5.41) is 0. The normalized spacial score (nSPS) is 26.8. The van der Waals surface area contributed by atoms with Gasteiger partial charge in [0.05, 0.1) is 11.8 Å². The Kier molecular flexibility index (Phi) is 6.20. The van der Waals surface area contributed by atoms with Crippen LogP contribution in [0.4, 0.5) is 0 Å². The highest BCUT2D eigenvalue weighted by atomic mass is 35.5. The first-order valence-electron chi connectivity index (χ1n) is 13.2. The number of halogens is 2. The van der Waals surface area contributed by atoms with E-state index in [1.54, 1.807) is 38.1 Å². The Bertz CT molecular complexity index is 1460. The first-order valence-corrected chi connectivity index (χ1v) is 14.0. The second-order valence-corrected chi connectivity index (χ2v) is 12.3. The standard InChI is InChI=1S/C32H27Cl2NO5/c1-17(2)27(30(39)40-16-24(36)19-14-12-18(3)13-15-19)35-28(37)25-26(29(35)38)32(34)21-9-5-4-8-20(21)31(25,33)22-10-6-7-11-23(22)32/h4-15,17,25-27H,16H2,1-3H3/t25-,26+,27-,31?,32?/m0/s1. The van der Waals surface area contributed by atoms with Gasteiger partial charge in [-0.05, 0) is 35.1 Å². The molecule has 1 heterocycles. The summed E-state index contributed by atoms with van der Waals surface area (Å²) in [4.78, 5) is 52.9. The molecule has 204 valence electrons. The van der Waals surface area contributed by atoms with Crippen molar-refractivity contribution in [3.63, 3.8) is 0 Å². The molecule has 2 bridgehead atoms. The van der Waals surface area contributed by atoms with E-state index in [0.717, 1.165) is 10.5 Å². The highest BCUT2D eigenvalue weighted by Crippen LogP contribution is 2.69. The molecule has 1 saturated heterocycles. The van der Waals surface area contributed by atoms with Crippen LogP contribution in [0.3, 0.4) is 0 Å². The van der Waals surface area contributed by atoms with Gasteiger partial charge in [-0.1, -0.05) is 92.2 Å². The SMILES string of the molecule is Cc1ccc(C(=O)COC(=O)[C@H](C(C)C)N2C(=O)[C@@H]3[C@H](C2=O)C2(Cl)c4ccccc4C3(Cl)c3ccccc32)cc1. The summed E-state index contributed by atoms with van der Waals surface area (Å²) in [7, 11) is 0. The third kappa shape index (κ3) is 3.48. The third-order valence-corrected chi connectivity index (χ3v) is 9.77. The number of esters is 1.